The number of benzene rings is 2. The van der Waals surface area contributed by atoms with E-state index in [-0.39, 0.29) is 11.9 Å². The van der Waals surface area contributed by atoms with Crippen LogP contribution < -0.4 is 4.90 Å². The Morgan fingerprint density at radius 1 is 1.08 bits per heavy atom. The van der Waals surface area contributed by atoms with Gasteiger partial charge in [-0.1, -0.05) is 42.5 Å². The minimum atomic E-state index is -0.219. The second-order valence-corrected chi connectivity index (χ2v) is 7.39. The largest absolute Gasteiger partial charge is 0.335 e. The van der Waals surface area contributed by atoms with Crippen LogP contribution >= 0.6 is 12.2 Å². The van der Waals surface area contributed by atoms with Gasteiger partial charge in [0, 0.05) is 36.6 Å². The molecule has 5 heteroatoms. The molecule has 1 unspecified atom stereocenters. The summed E-state index contributed by atoms with van der Waals surface area (Å²) >= 11 is 5.54. The molecule has 0 radical (unpaired) electrons. The molecule has 0 bridgehead atoms. The SMILES string of the molecule is Fc1ccccc1C(c1cc2c3c(c1)CCN3C(=S)CC2)n1ccnc1. The van der Waals surface area contributed by atoms with E-state index in [4.69, 9.17) is 12.2 Å². The van der Waals surface area contributed by atoms with Gasteiger partial charge in [0.25, 0.3) is 0 Å². The topological polar surface area (TPSA) is 21.1 Å². The zero-order valence-electron chi connectivity index (χ0n) is 14.2. The van der Waals surface area contributed by atoms with Gasteiger partial charge in [0.05, 0.1) is 17.4 Å². The van der Waals surface area contributed by atoms with Gasteiger partial charge in [-0.3, -0.25) is 0 Å². The number of halogens is 1. The Morgan fingerprint density at radius 3 is 2.65 bits per heavy atom. The van der Waals surface area contributed by atoms with Crippen LogP contribution in [-0.2, 0) is 12.8 Å². The van der Waals surface area contributed by atoms with Crippen molar-refractivity contribution in [2.45, 2.75) is 25.3 Å². The van der Waals surface area contributed by atoms with Crippen LogP contribution in [0.1, 0.15) is 34.7 Å². The molecular weight excluding hydrogens is 345 g/mol. The number of nitrogens with zero attached hydrogens (tertiary/aromatic N) is 3. The molecular formula is C21H18FN3S. The van der Waals surface area contributed by atoms with Crippen LogP contribution in [0.2, 0.25) is 0 Å². The first-order valence-corrected chi connectivity index (χ1v) is 9.31. The van der Waals surface area contributed by atoms with Gasteiger partial charge in [-0.2, -0.15) is 0 Å². The number of hydrogen-bond donors (Lipinski definition) is 0. The minimum Gasteiger partial charge on any atom is -0.335 e. The minimum absolute atomic E-state index is 0.192. The third kappa shape index (κ3) is 2.38. The average molecular weight is 363 g/mol. The van der Waals surface area contributed by atoms with Crippen molar-refractivity contribution in [2.75, 3.05) is 11.4 Å². The smallest absolute Gasteiger partial charge is 0.128 e. The molecule has 3 heterocycles. The quantitative estimate of drug-likeness (QED) is 0.648. The summed E-state index contributed by atoms with van der Waals surface area (Å²) in [4.78, 5) is 7.51. The van der Waals surface area contributed by atoms with Gasteiger partial charge >= 0.3 is 0 Å². The molecule has 0 saturated carbocycles. The molecule has 1 atom stereocenters. The molecule has 2 aliphatic heterocycles. The van der Waals surface area contributed by atoms with Gasteiger partial charge in [0.15, 0.2) is 0 Å². The third-order valence-corrected chi connectivity index (χ3v) is 5.84. The number of thiocarbonyl (C=S) groups is 1. The molecule has 3 aromatic rings. The van der Waals surface area contributed by atoms with Crippen LogP contribution in [0.25, 0.3) is 0 Å². The van der Waals surface area contributed by atoms with Gasteiger partial charge in [-0.05, 0) is 35.6 Å². The zero-order chi connectivity index (χ0) is 17.7. The van der Waals surface area contributed by atoms with Crippen molar-refractivity contribution in [2.24, 2.45) is 0 Å². The molecule has 26 heavy (non-hydrogen) atoms. The van der Waals surface area contributed by atoms with E-state index in [0.29, 0.717) is 5.56 Å². The van der Waals surface area contributed by atoms with Crippen molar-refractivity contribution < 1.29 is 4.39 Å². The Bertz CT molecular complexity index is 996. The van der Waals surface area contributed by atoms with Crippen LogP contribution in [0.4, 0.5) is 10.1 Å². The van der Waals surface area contributed by atoms with Crippen molar-refractivity contribution in [3.63, 3.8) is 0 Å². The second-order valence-electron chi connectivity index (χ2n) is 6.92. The van der Waals surface area contributed by atoms with E-state index >= 15 is 0 Å². The predicted molar refractivity (Wildman–Crippen MR) is 104 cm³/mol. The molecule has 0 saturated heterocycles. The van der Waals surface area contributed by atoms with E-state index in [2.05, 4.69) is 22.0 Å². The van der Waals surface area contributed by atoms with Crippen LogP contribution in [0, 0.1) is 5.82 Å². The number of imidazole rings is 1. The summed E-state index contributed by atoms with van der Waals surface area (Å²) in [6.07, 6.45) is 8.27. The Balaban J connectivity index is 1.70. The first kappa shape index (κ1) is 15.7. The fourth-order valence-electron chi connectivity index (χ4n) is 4.27. The van der Waals surface area contributed by atoms with Crippen molar-refractivity contribution in [3.8, 4) is 0 Å². The van der Waals surface area contributed by atoms with Crippen LogP contribution in [0.15, 0.2) is 55.1 Å². The summed E-state index contributed by atoms with van der Waals surface area (Å²) in [6.45, 7) is 0.958. The molecule has 0 amide bonds. The average Bonchev–Trinajstić information content (AvgIpc) is 3.31. The lowest BCUT2D eigenvalue weighted by Crippen LogP contribution is -2.31. The number of aromatic nitrogens is 2. The number of hydrogen-bond acceptors (Lipinski definition) is 2. The van der Waals surface area contributed by atoms with Gasteiger partial charge < -0.3 is 9.47 Å². The lowest BCUT2D eigenvalue weighted by molar-refractivity contribution is 0.572. The molecule has 0 fully saturated rings. The predicted octanol–water partition coefficient (Wildman–Crippen LogP) is 4.30. The van der Waals surface area contributed by atoms with E-state index < -0.39 is 0 Å². The van der Waals surface area contributed by atoms with Crippen LogP contribution in [0.3, 0.4) is 0 Å². The van der Waals surface area contributed by atoms with Crippen molar-refractivity contribution in [3.05, 3.63) is 83.2 Å². The van der Waals surface area contributed by atoms with Crippen molar-refractivity contribution in [1.29, 1.82) is 0 Å². The summed E-state index contributed by atoms with van der Waals surface area (Å²) in [5.74, 6) is -0.192. The first-order chi connectivity index (χ1) is 12.7. The summed E-state index contributed by atoms with van der Waals surface area (Å²) in [5, 5.41) is 0. The lowest BCUT2D eigenvalue weighted by atomic mass is 9.91. The molecule has 0 aliphatic carbocycles. The Morgan fingerprint density at radius 2 is 1.88 bits per heavy atom. The van der Waals surface area contributed by atoms with Crippen LogP contribution in [0.5, 0.6) is 0 Å². The Kier molecular flexibility index (Phi) is 3.64. The molecule has 130 valence electrons. The standard InChI is InChI=1S/C21H18FN3S/c22-18-4-2-1-3-17(18)21(24-10-8-23-13-24)16-11-14-5-6-19(26)25-9-7-15(12-16)20(14)25/h1-4,8,10-13,21H,5-7,9H2. The van der Waals surface area contributed by atoms with Gasteiger partial charge in [0.1, 0.15) is 5.82 Å². The summed E-state index contributed by atoms with van der Waals surface area (Å²) in [5.41, 5.74) is 5.71. The zero-order valence-corrected chi connectivity index (χ0v) is 15.0. The fraction of sp³-hybridized carbons (Fsp3) is 0.238. The van der Waals surface area contributed by atoms with E-state index in [0.717, 1.165) is 36.4 Å². The maximum absolute atomic E-state index is 14.6. The molecule has 0 N–H and O–H groups in total. The lowest BCUT2D eigenvalue weighted by Gasteiger charge is -2.29. The highest BCUT2D eigenvalue weighted by Gasteiger charge is 2.31. The number of anilines is 1. The summed E-state index contributed by atoms with van der Waals surface area (Å²) in [6, 6.07) is 11.2. The normalized spacial score (nSPS) is 16.7. The third-order valence-electron chi connectivity index (χ3n) is 5.41. The second kappa shape index (κ2) is 6.02. The number of aryl methyl sites for hydroxylation is 1. The van der Waals surface area contributed by atoms with E-state index in [1.54, 1.807) is 18.6 Å². The maximum Gasteiger partial charge on any atom is 0.128 e. The fourth-order valence-corrected chi connectivity index (χ4v) is 4.56. The van der Waals surface area contributed by atoms with Gasteiger partial charge in [0.2, 0.25) is 0 Å². The first-order valence-electron chi connectivity index (χ1n) is 8.90. The molecule has 1 aromatic heterocycles. The Labute approximate surface area is 157 Å². The highest BCUT2D eigenvalue weighted by Crippen LogP contribution is 2.40. The number of rotatable bonds is 3. The molecule has 2 aromatic carbocycles. The van der Waals surface area contributed by atoms with Gasteiger partial charge in [-0.25, -0.2) is 9.37 Å². The van der Waals surface area contributed by atoms with Crippen LogP contribution in [-0.4, -0.2) is 21.1 Å². The van der Waals surface area contributed by atoms with Gasteiger partial charge in [-0.15, -0.1) is 0 Å². The highest BCUT2D eigenvalue weighted by molar-refractivity contribution is 7.80. The Hall–Kier alpha value is -2.53. The monoisotopic (exact) mass is 363 g/mol. The van der Waals surface area contributed by atoms with E-state index in [9.17, 15) is 4.39 Å². The van der Waals surface area contributed by atoms with Crippen molar-refractivity contribution in [1.82, 2.24) is 9.55 Å². The molecule has 3 nitrogen and oxygen atoms in total. The molecule has 0 spiro atoms. The van der Waals surface area contributed by atoms with E-state index in [1.165, 1.54) is 22.9 Å². The highest BCUT2D eigenvalue weighted by atomic mass is 32.1. The summed E-state index contributed by atoms with van der Waals surface area (Å²) < 4.78 is 16.6. The van der Waals surface area contributed by atoms with Crippen molar-refractivity contribution >= 4 is 22.9 Å². The maximum atomic E-state index is 14.6. The molecule has 2 aliphatic rings. The summed E-state index contributed by atoms with van der Waals surface area (Å²) in [7, 11) is 0. The van der Waals surface area contributed by atoms with E-state index in [1.807, 2.05) is 22.9 Å². The molecule has 5 rings (SSSR count).